The van der Waals surface area contributed by atoms with Gasteiger partial charge in [-0.3, -0.25) is 4.79 Å². The van der Waals surface area contributed by atoms with Crippen molar-refractivity contribution in [3.05, 3.63) is 0 Å². The van der Waals surface area contributed by atoms with Gasteiger partial charge in [0.1, 0.15) is 0 Å². The molecule has 1 fully saturated rings. The number of likely N-dealkylation sites (tertiary alicyclic amines) is 1. The normalized spacial score (nSPS) is 17.4. The van der Waals surface area contributed by atoms with Gasteiger partial charge in [-0.2, -0.15) is 0 Å². The van der Waals surface area contributed by atoms with Crippen LogP contribution in [0, 0.1) is 0 Å². The average molecular weight is 213 g/mol. The summed E-state index contributed by atoms with van der Waals surface area (Å²) in [7, 11) is 0. The molecule has 1 aliphatic rings. The molecule has 2 amide bonds. The third-order valence-electron chi connectivity index (χ3n) is 2.52. The van der Waals surface area contributed by atoms with Crippen molar-refractivity contribution in [2.24, 2.45) is 0 Å². The molecule has 0 bridgehead atoms. The van der Waals surface area contributed by atoms with Gasteiger partial charge in [-0.25, -0.2) is 9.69 Å². The number of nitrogens with zero attached hydrogens (tertiary/aromatic N) is 1. The van der Waals surface area contributed by atoms with Crippen LogP contribution < -0.4 is 0 Å². The Morgan fingerprint density at radius 3 is 2.93 bits per heavy atom. The van der Waals surface area contributed by atoms with Crippen LogP contribution in [-0.4, -0.2) is 30.1 Å². The zero-order valence-corrected chi connectivity index (χ0v) is 9.33. The SMILES string of the molecule is CCCCOC(=O)N1CCCCCC1=O. The third-order valence-corrected chi connectivity index (χ3v) is 2.52. The Bertz CT molecular complexity index is 228. The predicted molar refractivity (Wildman–Crippen MR) is 56.4 cm³/mol. The number of ether oxygens (including phenoxy) is 1. The van der Waals surface area contributed by atoms with Gasteiger partial charge in [-0.05, 0) is 19.3 Å². The number of carbonyl (C=O) groups excluding carboxylic acids is 2. The van der Waals surface area contributed by atoms with Crippen LogP contribution in [0.4, 0.5) is 4.79 Å². The van der Waals surface area contributed by atoms with Crippen LogP contribution in [0.2, 0.25) is 0 Å². The van der Waals surface area contributed by atoms with Crippen molar-refractivity contribution in [3.63, 3.8) is 0 Å². The number of hydrogen-bond acceptors (Lipinski definition) is 3. The molecule has 1 rings (SSSR count). The highest BCUT2D eigenvalue weighted by Crippen LogP contribution is 2.12. The van der Waals surface area contributed by atoms with E-state index >= 15 is 0 Å². The van der Waals surface area contributed by atoms with E-state index in [-0.39, 0.29) is 5.91 Å². The molecule has 0 radical (unpaired) electrons. The van der Waals surface area contributed by atoms with Crippen molar-refractivity contribution in [2.75, 3.05) is 13.2 Å². The van der Waals surface area contributed by atoms with E-state index in [2.05, 4.69) is 0 Å². The highest BCUT2D eigenvalue weighted by Gasteiger charge is 2.23. The number of imide groups is 1. The van der Waals surface area contributed by atoms with Gasteiger partial charge in [-0.1, -0.05) is 19.8 Å². The number of hydrogen-bond donors (Lipinski definition) is 0. The first-order chi connectivity index (χ1) is 7.25. The highest BCUT2D eigenvalue weighted by atomic mass is 16.6. The molecular weight excluding hydrogens is 194 g/mol. The smallest absolute Gasteiger partial charge is 0.416 e. The second-order valence-corrected chi connectivity index (χ2v) is 3.82. The monoisotopic (exact) mass is 213 g/mol. The van der Waals surface area contributed by atoms with Crippen LogP contribution in [0.3, 0.4) is 0 Å². The fourth-order valence-electron chi connectivity index (χ4n) is 1.56. The Morgan fingerprint density at radius 1 is 1.40 bits per heavy atom. The van der Waals surface area contributed by atoms with Gasteiger partial charge in [0.05, 0.1) is 6.61 Å². The second kappa shape index (κ2) is 6.43. The third kappa shape index (κ3) is 3.90. The lowest BCUT2D eigenvalue weighted by atomic mass is 10.2. The zero-order valence-electron chi connectivity index (χ0n) is 9.33. The maximum atomic E-state index is 11.5. The first-order valence-corrected chi connectivity index (χ1v) is 5.73. The average Bonchev–Trinajstić information content (AvgIpc) is 2.43. The summed E-state index contributed by atoms with van der Waals surface area (Å²) in [5, 5.41) is 0. The topological polar surface area (TPSA) is 46.6 Å². The number of unbranched alkanes of at least 4 members (excludes halogenated alkanes) is 1. The summed E-state index contributed by atoms with van der Waals surface area (Å²) in [5.74, 6) is -0.0889. The summed E-state index contributed by atoms with van der Waals surface area (Å²) >= 11 is 0. The Balaban J connectivity index is 2.38. The van der Waals surface area contributed by atoms with Crippen molar-refractivity contribution >= 4 is 12.0 Å². The van der Waals surface area contributed by atoms with Crippen LogP contribution in [-0.2, 0) is 9.53 Å². The highest BCUT2D eigenvalue weighted by molar-refractivity contribution is 5.92. The van der Waals surface area contributed by atoms with E-state index in [4.69, 9.17) is 4.74 Å². The summed E-state index contributed by atoms with van der Waals surface area (Å²) in [6.45, 7) is 2.97. The standard InChI is InChI=1S/C11H19NO3/c1-2-3-9-15-11(14)12-8-6-4-5-7-10(12)13/h2-9H2,1H3. The molecule has 0 saturated carbocycles. The fraction of sp³-hybridized carbons (Fsp3) is 0.818. The van der Waals surface area contributed by atoms with Crippen molar-refractivity contribution in [2.45, 2.75) is 45.4 Å². The Morgan fingerprint density at radius 2 is 2.20 bits per heavy atom. The Labute approximate surface area is 90.6 Å². The van der Waals surface area contributed by atoms with Gasteiger partial charge in [0, 0.05) is 13.0 Å². The van der Waals surface area contributed by atoms with Crippen LogP contribution >= 0.6 is 0 Å². The lowest BCUT2D eigenvalue weighted by Gasteiger charge is -2.17. The molecule has 0 spiro atoms. The van der Waals surface area contributed by atoms with Crippen LogP contribution in [0.25, 0.3) is 0 Å². The summed E-state index contributed by atoms with van der Waals surface area (Å²) in [4.78, 5) is 24.3. The van der Waals surface area contributed by atoms with Crippen LogP contribution in [0.5, 0.6) is 0 Å². The minimum Gasteiger partial charge on any atom is -0.449 e. The number of amides is 2. The predicted octanol–water partition coefficient (Wildman–Crippen LogP) is 2.33. The summed E-state index contributed by atoms with van der Waals surface area (Å²) in [6, 6.07) is 0. The van der Waals surface area contributed by atoms with E-state index in [0.29, 0.717) is 19.6 Å². The molecule has 1 saturated heterocycles. The van der Waals surface area contributed by atoms with E-state index < -0.39 is 6.09 Å². The molecule has 1 heterocycles. The van der Waals surface area contributed by atoms with Crippen molar-refractivity contribution < 1.29 is 14.3 Å². The maximum Gasteiger partial charge on any atom is 0.416 e. The molecule has 0 aliphatic carbocycles. The molecule has 86 valence electrons. The first kappa shape index (κ1) is 12.0. The first-order valence-electron chi connectivity index (χ1n) is 5.73. The summed E-state index contributed by atoms with van der Waals surface area (Å²) in [6.07, 6.45) is 4.66. The maximum absolute atomic E-state index is 11.5. The van der Waals surface area contributed by atoms with Gasteiger partial charge >= 0.3 is 6.09 Å². The molecule has 0 unspecified atom stereocenters. The van der Waals surface area contributed by atoms with Gasteiger partial charge in [-0.15, -0.1) is 0 Å². The summed E-state index contributed by atoms with van der Waals surface area (Å²) < 4.78 is 5.01. The van der Waals surface area contributed by atoms with E-state index in [1.807, 2.05) is 6.92 Å². The van der Waals surface area contributed by atoms with Gasteiger partial charge < -0.3 is 4.74 Å². The molecule has 0 aromatic rings. The zero-order chi connectivity index (χ0) is 11.1. The van der Waals surface area contributed by atoms with Crippen LogP contribution in [0.15, 0.2) is 0 Å². The van der Waals surface area contributed by atoms with E-state index in [0.717, 1.165) is 32.1 Å². The molecule has 0 aromatic heterocycles. The molecule has 15 heavy (non-hydrogen) atoms. The van der Waals surface area contributed by atoms with E-state index in [9.17, 15) is 9.59 Å². The van der Waals surface area contributed by atoms with E-state index in [1.165, 1.54) is 4.90 Å². The Kier molecular flexibility index (Phi) is 5.15. The van der Waals surface area contributed by atoms with Crippen molar-refractivity contribution in [3.8, 4) is 0 Å². The summed E-state index contributed by atoms with van der Waals surface area (Å²) in [5.41, 5.74) is 0. The molecule has 0 N–H and O–H groups in total. The van der Waals surface area contributed by atoms with Gasteiger partial charge in [0.2, 0.25) is 5.91 Å². The van der Waals surface area contributed by atoms with Crippen molar-refractivity contribution in [1.29, 1.82) is 0 Å². The van der Waals surface area contributed by atoms with Crippen LogP contribution in [0.1, 0.15) is 45.4 Å². The molecular formula is C11H19NO3. The lowest BCUT2D eigenvalue weighted by Crippen LogP contribution is -2.37. The Hall–Kier alpha value is -1.06. The molecule has 1 aliphatic heterocycles. The molecule has 0 aromatic carbocycles. The fourth-order valence-corrected chi connectivity index (χ4v) is 1.56. The quantitative estimate of drug-likeness (QED) is 0.676. The lowest BCUT2D eigenvalue weighted by molar-refractivity contribution is -0.129. The molecule has 4 heteroatoms. The largest absolute Gasteiger partial charge is 0.449 e. The second-order valence-electron chi connectivity index (χ2n) is 3.82. The van der Waals surface area contributed by atoms with Crippen molar-refractivity contribution in [1.82, 2.24) is 4.90 Å². The molecule has 4 nitrogen and oxygen atoms in total. The van der Waals surface area contributed by atoms with E-state index in [1.54, 1.807) is 0 Å². The number of carbonyl (C=O) groups is 2. The minimum absolute atomic E-state index is 0.0889. The number of rotatable bonds is 3. The van der Waals surface area contributed by atoms with Gasteiger partial charge in [0.25, 0.3) is 0 Å². The minimum atomic E-state index is -0.463. The molecule has 0 atom stereocenters. The van der Waals surface area contributed by atoms with Gasteiger partial charge in [0.15, 0.2) is 0 Å².